The van der Waals surface area contributed by atoms with Crippen molar-refractivity contribution in [2.75, 3.05) is 0 Å². The molecule has 0 amide bonds. The van der Waals surface area contributed by atoms with Gasteiger partial charge >= 0.3 is 0 Å². The molecular formula is C15H12ClN5. The van der Waals surface area contributed by atoms with E-state index in [-0.39, 0.29) is 11.9 Å². The van der Waals surface area contributed by atoms with Gasteiger partial charge in [-0.25, -0.2) is 9.97 Å². The van der Waals surface area contributed by atoms with Gasteiger partial charge in [0.2, 0.25) is 0 Å². The predicted molar refractivity (Wildman–Crippen MR) is 85.5 cm³/mol. The molecule has 0 saturated carbocycles. The third-order valence-corrected chi connectivity index (χ3v) is 3.19. The van der Waals surface area contributed by atoms with E-state index in [2.05, 4.69) is 15.0 Å². The molecule has 0 aliphatic carbocycles. The number of para-hydroxylation sites is 1. The first-order valence-corrected chi connectivity index (χ1v) is 6.63. The molecule has 3 aromatic rings. The van der Waals surface area contributed by atoms with E-state index in [0.717, 1.165) is 22.2 Å². The summed E-state index contributed by atoms with van der Waals surface area (Å²) in [4.78, 5) is 12.7. The van der Waals surface area contributed by atoms with E-state index in [9.17, 15) is 0 Å². The van der Waals surface area contributed by atoms with E-state index < -0.39 is 0 Å². The molecule has 0 atom stereocenters. The lowest BCUT2D eigenvalue weighted by molar-refractivity contribution is 1.17. The number of rotatable bonds is 2. The lowest BCUT2D eigenvalue weighted by Crippen LogP contribution is -2.22. The minimum absolute atomic E-state index is 0.0765. The summed E-state index contributed by atoms with van der Waals surface area (Å²) in [6.07, 6.45) is 0. The van der Waals surface area contributed by atoms with Crippen LogP contribution in [0.3, 0.4) is 0 Å². The van der Waals surface area contributed by atoms with Crippen LogP contribution in [-0.2, 0) is 0 Å². The number of guanidine groups is 1. The number of aromatic nitrogens is 2. The summed E-state index contributed by atoms with van der Waals surface area (Å²) in [6.45, 7) is 0. The van der Waals surface area contributed by atoms with Gasteiger partial charge in [0.1, 0.15) is 0 Å². The van der Waals surface area contributed by atoms with Crippen molar-refractivity contribution >= 4 is 34.4 Å². The van der Waals surface area contributed by atoms with Crippen molar-refractivity contribution in [1.29, 1.82) is 0 Å². The van der Waals surface area contributed by atoms with Gasteiger partial charge in [-0.2, -0.15) is 4.99 Å². The van der Waals surface area contributed by atoms with Crippen molar-refractivity contribution in [3.05, 3.63) is 53.6 Å². The average molecular weight is 298 g/mol. The first-order valence-electron chi connectivity index (χ1n) is 6.26. The molecule has 104 valence electrons. The third-order valence-electron chi connectivity index (χ3n) is 2.94. The lowest BCUT2D eigenvalue weighted by Gasteiger charge is -2.07. The topological polar surface area (TPSA) is 90.2 Å². The number of aliphatic imine (C=N–C) groups is 1. The molecule has 0 aliphatic rings. The molecule has 21 heavy (non-hydrogen) atoms. The van der Waals surface area contributed by atoms with Gasteiger partial charge in [-0.3, -0.25) is 0 Å². The fraction of sp³-hybridized carbons (Fsp3) is 0. The summed E-state index contributed by atoms with van der Waals surface area (Å²) < 4.78 is 0. The highest BCUT2D eigenvalue weighted by molar-refractivity contribution is 6.30. The molecule has 0 bridgehead atoms. The zero-order valence-corrected chi connectivity index (χ0v) is 11.7. The number of nitrogens with two attached hydrogens (primary N) is 2. The van der Waals surface area contributed by atoms with Crippen LogP contribution in [0, 0.1) is 0 Å². The van der Waals surface area contributed by atoms with Crippen molar-refractivity contribution in [2.24, 2.45) is 16.5 Å². The second kappa shape index (κ2) is 5.38. The van der Waals surface area contributed by atoms with E-state index in [0.29, 0.717) is 5.02 Å². The summed E-state index contributed by atoms with van der Waals surface area (Å²) in [7, 11) is 0. The highest BCUT2D eigenvalue weighted by Crippen LogP contribution is 2.28. The Kier molecular flexibility index (Phi) is 3.41. The van der Waals surface area contributed by atoms with Crippen molar-refractivity contribution in [3.8, 4) is 11.3 Å². The van der Waals surface area contributed by atoms with Crippen LogP contribution in [0.15, 0.2) is 53.5 Å². The van der Waals surface area contributed by atoms with E-state index in [1.54, 1.807) is 0 Å². The third kappa shape index (κ3) is 2.78. The molecule has 0 aliphatic heterocycles. The van der Waals surface area contributed by atoms with Crippen LogP contribution in [-0.4, -0.2) is 15.9 Å². The van der Waals surface area contributed by atoms with Crippen LogP contribution >= 0.6 is 11.6 Å². The maximum atomic E-state index is 5.93. The monoisotopic (exact) mass is 297 g/mol. The first kappa shape index (κ1) is 13.3. The number of hydrogen-bond donors (Lipinski definition) is 2. The van der Waals surface area contributed by atoms with Gasteiger partial charge in [-0.15, -0.1) is 0 Å². The van der Waals surface area contributed by atoms with Crippen LogP contribution < -0.4 is 11.5 Å². The Bertz CT molecular complexity index is 823. The second-order valence-corrected chi connectivity index (χ2v) is 4.87. The van der Waals surface area contributed by atoms with Crippen LogP contribution in [0.25, 0.3) is 22.2 Å². The van der Waals surface area contributed by atoms with E-state index in [1.165, 1.54) is 0 Å². The summed E-state index contributed by atoms with van der Waals surface area (Å²) >= 11 is 5.93. The predicted octanol–water partition coefficient (Wildman–Crippen LogP) is 2.86. The molecule has 2 aromatic carbocycles. The Morgan fingerprint density at radius 1 is 0.952 bits per heavy atom. The minimum Gasteiger partial charge on any atom is -0.370 e. The maximum Gasteiger partial charge on any atom is 0.253 e. The Labute approximate surface area is 126 Å². The lowest BCUT2D eigenvalue weighted by atomic mass is 10.1. The average Bonchev–Trinajstić information content (AvgIpc) is 2.46. The van der Waals surface area contributed by atoms with Gasteiger partial charge in [0, 0.05) is 16.0 Å². The van der Waals surface area contributed by atoms with E-state index in [4.69, 9.17) is 23.1 Å². The smallest absolute Gasteiger partial charge is 0.253 e. The SMILES string of the molecule is NC(N)=Nc1nc(-c2ccc(Cl)cc2)c2ccccc2n1. The summed E-state index contributed by atoms with van der Waals surface area (Å²) in [5.41, 5.74) is 13.3. The normalized spacial score (nSPS) is 10.5. The van der Waals surface area contributed by atoms with Crippen LogP contribution in [0.2, 0.25) is 5.02 Å². The molecule has 3 rings (SSSR count). The molecule has 0 fully saturated rings. The molecule has 0 radical (unpaired) electrons. The number of benzene rings is 2. The summed E-state index contributed by atoms with van der Waals surface area (Å²) in [5, 5.41) is 1.59. The van der Waals surface area contributed by atoms with Gasteiger partial charge in [-0.1, -0.05) is 41.9 Å². The van der Waals surface area contributed by atoms with Crippen LogP contribution in [0.4, 0.5) is 5.95 Å². The van der Waals surface area contributed by atoms with E-state index >= 15 is 0 Å². The zero-order valence-electron chi connectivity index (χ0n) is 11.0. The highest BCUT2D eigenvalue weighted by Gasteiger charge is 2.09. The standard InChI is InChI=1S/C15H12ClN5/c16-10-7-5-9(6-8-10)13-11-3-1-2-4-12(11)19-15(20-13)21-14(17)18/h1-8H,(H4,17,18,19,20,21). The van der Waals surface area contributed by atoms with Gasteiger partial charge in [0.05, 0.1) is 11.2 Å². The molecule has 0 saturated heterocycles. The minimum atomic E-state index is -0.0765. The van der Waals surface area contributed by atoms with Crippen molar-refractivity contribution in [1.82, 2.24) is 9.97 Å². The molecule has 0 spiro atoms. The number of nitrogens with zero attached hydrogens (tertiary/aromatic N) is 3. The molecule has 5 nitrogen and oxygen atoms in total. The Balaban J connectivity index is 2.28. The maximum absolute atomic E-state index is 5.93. The molecule has 1 aromatic heterocycles. The van der Waals surface area contributed by atoms with Crippen molar-refractivity contribution < 1.29 is 0 Å². The fourth-order valence-corrected chi connectivity index (χ4v) is 2.18. The number of halogens is 1. The van der Waals surface area contributed by atoms with E-state index in [1.807, 2.05) is 48.5 Å². The Morgan fingerprint density at radius 3 is 2.38 bits per heavy atom. The van der Waals surface area contributed by atoms with Crippen molar-refractivity contribution in [2.45, 2.75) is 0 Å². The summed E-state index contributed by atoms with van der Waals surface area (Å²) in [5.74, 6) is 0.158. The second-order valence-electron chi connectivity index (χ2n) is 4.43. The Morgan fingerprint density at radius 2 is 1.67 bits per heavy atom. The molecular weight excluding hydrogens is 286 g/mol. The number of fused-ring (bicyclic) bond motifs is 1. The molecule has 0 unspecified atom stereocenters. The van der Waals surface area contributed by atoms with Gasteiger partial charge in [0.15, 0.2) is 5.96 Å². The molecule has 6 heteroatoms. The fourth-order valence-electron chi connectivity index (χ4n) is 2.06. The number of hydrogen-bond acceptors (Lipinski definition) is 3. The van der Waals surface area contributed by atoms with Crippen molar-refractivity contribution in [3.63, 3.8) is 0 Å². The van der Waals surface area contributed by atoms with Gasteiger partial charge in [-0.05, 0) is 18.2 Å². The largest absolute Gasteiger partial charge is 0.370 e. The zero-order chi connectivity index (χ0) is 14.8. The molecule has 1 heterocycles. The van der Waals surface area contributed by atoms with Crippen LogP contribution in [0.1, 0.15) is 0 Å². The first-order chi connectivity index (χ1) is 10.1. The quantitative estimate of drug-likeness (QED) is 0.562. The Hall–Kier alpha value is -2.66. The molecule has 4 N–H and O–H groups in total. The van der Waals surface area contributed by atoms with Crippen LogP contribution in [0.5, 0.6) is 0 Å². The van der Waals surface area contributed by atoms with Gasteiger partial charge < -0.3 is 11.5 Å². The highest BCUT2D eigenvalue weighted by atomic mass is 35.5. The van der Waals surface area contributed by atoms with Gasteiger partial charge in [0.25, 0.3) is 5.95 Å². The summed E-state index contributed by atoms with van der Waals surface area (Å²) in [6, 6.07) is 15.1.